The van der Waals surface area contributed by atoms with Crippen LogP contribution in [0.3, 0.4) is 0 Å². The van der Waals surface area contributed by atoms with E-state index in [1.165, 1.54) is 12.3 Å². The Morgan fingerprint density at radius 1 is 0.931 bits per heavy atom. The van der Waals surface area contributed by atoms with Gasteiger partial charge >= 0.3 is 6.03 Å². The van der Waals surface area contributed by atoms with Crippen molar-refractivity contribution in [1.82, 2.24) is 15.3 Å². The molecule has 3 N–H and O–H groups in total. The fraction of sp³-hybridized carbons (Fsp3) is 0.0476. The molecule has 3 rings (SSSR count). The van der Waals surface area contributed by atoms with Crippen molar-refractivity contribution >= 4 is 34.9 Å². The second-order valence-electron chi connectivity index (χ2n) is 5.79. The smallest absolute Gasteiger partial charge is 0.323 e. The first-order chi connectivity index (χ1) is 14.0. The van der Waals surface area contributed by atoms with Crippen LogP contribution in [0.4, 0.5) is 16.2 Å². The second kappa shape index (κ2) is 9.35. The molecule has 3 amide bonds. The van der Waals surface area contributed by atoms with Gasteiger partial charge in [0, 0.05) is 41.9 Å². The monoisotopic (exact) mass is 405 g/mol. The van der Waals surface area contributed by atoms with Crippen molar-refractivity contribution in [3.8, 4) is 11.8 Å². The first kappa shape index (κ1) is 19.9. The summed E-state index contributed by atoms with van der Waals surface area (Å²) in [6, 6.07) is 13.0. The van der Waals surface area contributed by atoms with E-state index in [0.29, 0.717) is 28.2 Å². The normalized spacial score (nSPS) is 9.72. The van der Waals surface area contributed by atoms with Gasteiger partial charge in [-0.1, -0.05) is 23.6 Å². The van der Waals surface area contributed by atoms with E-state index in [-0.39, 0.29) is 11.1 Å². The molecule has 0 aliphatic heterocycles. The van der Waals surface area contributed by atoms with Crippen molar-refractivity contribution in [2.75, 3.05) is 17.7 Å². The Labute approximate surface area is 172 Å². The standard InChI is InChI=1S/C21H16ClN5O2/c1-23-20(28)15-4-2-3-14(11-15)5-6-16-12-17(7-9-24-16)26-21(29)27-18-8-10-25-19(22)13-18/h2-4,7-13H,1H3,(H,23,28)(H2,24,25,26,27,29). The molecule has 144 valence electrons. The summed E-state index contributed by atoms with van der Waals surface area (Å²) >= 11 is 5.80. The molecule has 0 fully saturated rings. The Kier molecular flexibility index (Phi) is 6.40. The predicted molar refractivity (Wildman–Crippen MR) is 112 cm³/mol. The molecule has 29 heavy (non-hydrogen) atoms. The number of rotatable bonds is 3. The summed E-state index contributed by atoms with van der Waals surface area (Å²) in [5.41, 5.74) is 2.72. The Morgan fingerprint density at radius 3 is 2.38 bits per heavy atom. The summed E-state index contributed by atoms with van der Waals surface area (Å²) in [7, 11) is 1.57. The van der Waals surface area contributed by atoms with Crippen LogP contribution in [0.25, 0.3) is 0 Å². The third-order valence-corrected chi connectivity index (χ3v) is 3.90. The molecule has 3 aromatic rings. The molecule has 7 nitrogen and oxygen atoms in total. The maximum absolute atomic E-state index is 12.1. The maximum Gasteiger partial charge on any atom is 0.323 e. The molecule has 2 aromatic heterocycles. The fourth-order valence-electron chi connectivity index (χ4n) is 2.37. The highest BCUT2D eigenvalue weighted by Gasteiger charge is 2.05. The number of amides is 3. The van der Waals surface area contributed by atoms with Crippen LogP contribution in [-0.4, -0.2) is 29.0 Å². The number of nitrogens with zero attached hydrogens (tertiary/aromatic N) is 2. The summed E-state index contributed by atoms with van der Waals surface area (Å²) in [5.74, 6) is 5.71. The SMILES string of the molecule is CNC(=O)c1cccc(C#Cc2cc(NC(=O)Nc3ccnc(Cl)c3)ccn2)c1. The van der Waals surface area contributed by atoms with Crippen LogP contribution in [0, 0.1) is 11.8 Å². The number of aromatic nitrogens is 2. The highest BCUT2D eigenvalue weighted by Crippen LogP contribution is 2.13. The zero-order valence-corrected chi connectivity index (χ0v) is 16.1. The third-order valence-electron chi connectivity index (χ3n) is 3.69. The average molecular weight is 406 g/mol. The van der Waals surface area contributed by atoms with Gasteiger partial charge < -0.3 is 16.0 Å². The molecule has 8 heteroatoms. The Hall–Kier alpha value is -3.89. The number of pyridine rings is 2. The predicted octanol–water partition coefficient (Wildman–Crippen LogP) is 3.53. The summed E-state index contributed by atoms with van der Waals surface area (Å²) in [6.45, 7) is 0. The molecule has 0 unspecified atom stereocenters. The summed E-state index contributed by atoms with van der Waals surface area (Å²) in [6.07, 6.45) is 3.04. The van der Waals surface area contributed by atoms with Gasteiger partial charge in [0.1, 0.15) is 10.8 Å². The average Bonchev–Trinajstić information content (AvgIpc) is 2.72. The number of hydrogen-bond acceptors (Lipinski definition) is 4. The van der Waals surface area contributed by atoms with E-state index >= 15 is 0 Å². The minimum Gasteiger partial charge on any atom is -0.355 e. The molecule has 0 saturated heterocycles. The van der Waals surface area contributed by atoms with Gasteiger partial charge in [0.2, 0.25) is 0 Å². The summed E-state index contributed by atoms with van der Waals surface area (Å²) in [4.78, 5) is 31.9. The number of nitrogens with one attached hydrogen (secondary N) is 3. The van der Waals surface area contributed by atoms with Gasteiger partial charge in [-0.25, -0.2) is 14.8 Å². The number of carbonyl (C=O) groups excluding carboxylic acids is 2. The quantitative estimate of drug-likeness (QED) is 0.458. The highest BCUT2D eigenvalue weighted by atomic mass is 35.5. The van der Waals surface area contributed by atoms with Crippen LogP contribution in [0.2, 0.25) is 5.15 Å². The van der Waals surface area contributed by atoms with Gasteiger partial charge in [0.25, 0.3) is 5.91 Å². The molecule has 0 atom stereocenters. The number of hydrogen-bond donors (Lipinski definition) is 3. The first-order valence-corrected chi connectivity index (χ1v) is 8.91. The lowest BCUT2D eigenvalue weighted by atomic mass is 10.1. The van der Waals surface area contributed by atoms with Crippen molar-refractivity contribution in [2.24, 2.45) is 0 Å². The van der Waals surface area contributed by atoms with E-state index in [2.05, 4.69) is 37.8 Å². The largest absolute Gasteiger partial charge is 0.355 e. The van der Waals surface area contributed by atoms with Gasteiger partial charge in [0.15, 0.2) is 0 Å². The van der Waals surface area contributed by atoms with Crippen molar-refractivity contribution < 1.29 is 9.59 Å². The lowest BCUT2D eigenvalue weighted by Gasteiger charge is -2.07. The van der Waals surface area contributed by atoms with Crippen LogP contribution >= 0.6 is 11.6 Å². The van der Waals surface area contributed by atoms with Gasteiger partial charge in [0.05, 0.1) is 0 Å². The van der Waals surface area contributed by atoms with Crippen LogP contribution in [-0.2, 0) is 0 Å². The number of anilines is 2. The van der Waals surface area contributed by atoms with E-state index in [1.807, 2.05) is 0 Å². The minimum absolute atomic E-state index is 0.181. The maximum atomic E-state index is 12.1. The van der Waals surface area contributed by atoms with Gasteiger partial charge in [-0.3, -0.25) is 4.79 Å². The van der Waals surface area contributed by atoms with Crippen molar-refractivity contribution in [3.05, 3.63) is 82.9 Å². The Bertz CT molecular complexity index is 1120. The topological polar surface area (TPSA) is 96.0 Å². The summed E-state index contributed by atoms with van der Waals surface area (Å²) < 4.78 is 0. The van der Waals surface area contributed by atoms with E-state index in [4.69, 9.17) is 11.6 Å². The first-order valence-electron chi connectivity index (χ1n) is 8.53. The number of urea groups is 1. The molecule has 0 radical (unpaired) electrons. The van der Waals surface area contributed by atoms with Crippen molar-refractivity contribution in [1.29, 1.82) is 0 Å². The fourth-order valence-corrected chi connectivity index (χ4v) is 2.54. The molecule has 2 heterocycles. The van der Waals surface area contributed by atoms with Crippen LogP contribution in [0.5, 0.6) is 0 Å². The zero-order valence-electron chi connectivity index (χ0n) is 15.4. The lowest BCUT2D eigenvalue weighted by molar-refractivity contribution is 0.0963. The minimum atomic E-state index is -0.435. The van der Waals surface area contributed by atoms with Crippen LogP contribution < -0.4 is 16.0 Å². The Morgan fingerprint density at radius 2 is 1.66 bits per heavy atom. The molecular weight excluding hydrogens is 390 g/mol. The van der Waals surface area contributed by atoms with Crippen molar-refractivity contribution in [2.45, 2.75) is 0 Å². The van der Waals surface area contributed by atoms with Gasteiger partial charge in [-0.2, -0.15) is 0 Å². The molecule has 1 aromatic carbocycles. The van der Waals surface area contributed by atoms with E-state index in [9.17, 15) is 9.59 Å². The van der Waals surface area contributed by atoms with E-state index in [1.54, 1.807) is 55.7 Å². The van der Waals surface area contributed by atoms with Gasteiger partial charge in [-0.05, 0) is 48.4 Å². The molecule has 0 saturated carbocycles. The molecule has 0 aliphatic carbocycles. The molecule has 0 bridgehead atoms. The highest BCUT2D eigenvalue weighted by molar-refractivity contribution is 6.29. The third kappa shape index (κ3) is 5.79. The number of carbonyl (C=O) groups is 2. The summed E-state index contributed by atoms with van der Waals surface area (Å²) in [5, 5.41) is 8.22. The second-order valence-corrected chi connectivity index (χ2v) is 6.17. The van der Waals surface area contributed by atoms with E-state index in [0.717, 1.165) is 0 Å². The lowest BCUT2D eigenvalue weighted by Crippen LogP contribution is -2.19. The van der Waals surface area contributed by atoms with Crippen LogP contribution in [0.15, 0.2) is 60.9 Å². The van der Waals surface area contributed by atoms with Crippen molar-refractivity contribution in [3.63, 3.8) is 0 Å². The van der Waals surface area contributed by atoms with E-state index < -0.39 is 6.03 Å². The van der Waals surface area contributed by atoms with Gasteiger partial charge in [-0.15, -0.1) is 0 Å². The number of halogens is 1. The van der Waals surface area contributed by atoms with Crippen LogP contribution in [0.1, 0.15) is 21.6 Å². The number of benzene rings is 1. The Balaban J connectivity index is 1.70. The molecule has 0 aliphatic rings. The zero-order chi connectivity index (χ0) is 20.6. The molecular formula is C21H16ClN5O2. The molecule has 0 spiro atoms.